The minimum atomic E-state index is -1.04. The van der Waals surface area contributed by atoms with Gasteiger partial charge in [-0.25, -0.2) is 4.79 Å². The average Bonchev–Trinajstić information content (AvgIpc) is 2.58. The van der Waals surface area contributed by atoms with Gasteiger partial charge in [-0.05, 0) is 41.7 Å². The first-order valence-corrected chi connectivity index (χ1v) is 8.42. The van der Waals surface area contributed by atoms with E-state index in [1.54, 1.807) is 18.2 Å². The fourth-order valence-corrected chi connectivity index (χ4v) is 2.98. The second kappa shape index (κ2) is 8.55. The van der Waals surface area contributed by atoms with Crippen LogP contribution in [0.5, 0.6) is 0 Å². The van der Waals surface area contributed by atoms with Crippen LogP contribution in [0.15, 0.2) is 48.5 Å². The van der Waals surface area contributed by atoms with Crippen LogP contribution in [-0.2, 0) is 11.2 Å². The molecule has 24 heavy (non-hydrogen) atoms. The van der Waals surface area contributed by atoms with Crippen molar-refractivity contribution in [1.82, 2.24) is 0 Å². The van der Waals surface area contributed by atoms with Gasteiger partial charge in [0.05, 0.1) is 11.5 Å². The predicted octanol–water partition coefficient (Wildman–Crippen LogP) is 4.01. The van der Waals surface area contributed by atoms with Gasteiger partial charge in [-0.15, -0.1) is 0 Å². The Morgan fingerprint density at radius 1 is 1.00 bits per heavy atom. The molecule has 0 spiro atoms. The van der Waals surface area contributed by atoms with Crippen LogP contribution in [0.1, 0.15) is 28.8 Å². The highest BCUT2D eigenvalue weighted by Crippen LogP contribution is 2.28. The molecule has 0 aliphatic rings. The lowest BCUT2D eigenvalue weighted by Crippen LogP contribution is -2.18. The predicted molar refractivity (Wildman–Crippen MR) is 96.8 cm³/mol. The van der Waals surface area contributed by atoms with E-state index in [4.69, 9.17) is 0 Å². The quantitative estimate of drug-likeness (QED) is 0.633. The van der Waals surface area contributed by atoms with Crippen molar-refractivity contribution in [2.45, 2.75) is 19.3 Å². The molecule has 0 bridgehead atoms. The maximum absolute atomic E-state index is 11.8. The van der Waals surface area contributed by atoms with Crippen LogP contribution in [0, 0.1) is 5.92 Å². The van der Waals surface area contributed by atoms with E-state index in [1.807, 2.05) is 30.3 Å². The van der Waals surface area contributed by atoms with Crippen molar-refractivity contribution in [1.29, 1.82) is 0 Å². The Hall–Kier alpha value is -2.27. The van der Waals surface area contributed by atoms with Crippen molar-refractivity contribution < 1.29 is 19.8 Å². The summed E-state index contributed by atoms with van der Waals surface area (Å²) in [6.45, 7) is 0. The zero-order valence-electron chi connectivity index (χ0n) is 13.2. The van der Waals surface area contributed by atoms with Crippen LogP contribution in [0.2, 0.25) is 0 Å². The molecule has 5 heteroatoms. The van der Waals surface area contributed by atoms with Gasteiger partial charge in [0.25, 0.3) is 0 Å². The van der Waals surface area contributed by atoms with Gasteiger partial charge in [-0.3, -0.25) is 4.79 Å². The molecule has 2 N–H and O–H groups in total. The lowest BCUT2D eigenvalue weighted by Gasteiger charge is -2.16. The summed E-state index contributed by atoms with van der Waals surface area (Å²) in [7, 11) is 0. The highest BCUT2D eigenvalue weighted by Gasteiger charge is 2.23. The number of carboxylic acids is 2. The molecule has 0 aromatic heterocycles. The third-order valence-corrected chi connectivity index (χ3v) is 4.29. The number of aliphatic carboxylic acids is 1. The normalized spacial score (nSPS) is 11.9. The molecule has 126 valence electrons. The zero-order chi connectivity index (χ0) is 17.5. The Bertz CT molecular complexity index is 713. The Morgan fingerprint density at radius 3 is 2.29 bits per heavy atom. The summed E-state index contributed by atoms with van der Waals surface area (Å²) in [4.78, 5) is 23.3. The molecule has 0 heterocycles. The van der Waals surface area contributed by atoms with Crippen molar-refractivity contribution >= 4 is 24.6 Å². The van der Waals surface area contributed by atoms with Gasteiger partial charge in [-0.2, -0.15) is 12.6 Å². The van der Waals surface area contributed by atoms with E-state index in [2.05, 4.69) is 12.6 Å². The zero-order valence-corrected chi connectivity index (χ0v) is 14.1. The van der Waals surface area contributed by atoms with Gasteiger partial charge in [0.2, 0.25) is 0 Å². The molecule has 2 aromatic rings. The largest absolute Gasteiger partial charge is 0.481 e. The molecular weight excluding hydrogens is 324 g/mol. The van der Waals surface area contributed by atoms with E-state index in [9.17, 15) is 19.8 Å². The number of thiol groups is 1. The van der Waals surface area contributed by atoms with Crippen LogP contribution < -0.4 is 0 Å². The van der Waals surface area contributed by atoms with Crippen molar-refractivity contribution in [3.63, 3.8) is 0 Å². The molecule has 0 fully saturated rings. The molecule has 4 nitrogen and oxygen atoms in total. The fraction of sp³-hybridized carbons (Fsp3) is 0.263. The lowest BCUT2D eigenvalue weighted by molar-refractivity contribution is -0.141. The summed E-state index contributed by atoms with van der Waals surface area (Å²) in [6.07, 6.45) is 1.36. The van der Waals surface area contributed by atoms with Crippen LogP contribution in [-0.4, -0.2) is 27.9 Å². The maximum atomic E-state index is 11.8. The maximum Gasteiger partial charge on any atom is 0.336 e. The van der Waals surface area contributed by atoms with Crippen LogP contribution in [0.3, 0.4) is 0 Å². The molecule has 2 aromatic carbocycles. The minimum Gasteiger partial charge on any atom is -0.481 e. The minimum absolute atomic E-state index is 0.181. The molecule has 1 atom stereocenters. The van der Waals surface area contributed by atoms with Gasteiger partial charge < -0.3 is 10.2 Å². The van der Waals surface area contributed by atoms with Gasteiger partial charge in [-0.1, -0.05) is 48.5 Å². The Morgan fingerprint density at radius 2 is 1.71 bits per heavy atom. The third kappa shape index (κ3) is 4.38. The molecule has 0 aliphatic carbocycles. The van der Waals surface area contributed by atoms with Crippen molar-refractivity contribution in [3.05, 3.63) is 59.7 Å². The highest BCUT2D eigenvalue weighted by molar-refractivity contribution is 7.80. The van der Waals surface area contributed by atoms with Crippen LogP contribution in [0.25, 0.3) is 11.1 Å². The first-order chi connectivity index (χ1) is 11.5. The summed E-state index contributed by atoms with van der Waals surface area (Å²) < 4.78 is 0. The summed E-state index contributed by atoms with van der Waals surface area (Å²) in [5, 5.41) is 19.1. The van der Waals surface area contributed by atoms with Gasteiger partial charge >= 0.3 is 11.9 Å². The van der Waals surface area contributed by atoms with Crippen LogP contribution >= 0.6 is 12.6 Å². The number of carboxylic acid groups (broad SMARTS) is 2. The summed E-state index contributed by atoms with van der Waals surface area (Å²) in [5.74, 6) is -1.94. The fourth-order valence-electron chi connectivity index (χ4n) is 2.80. The van der Waals surface area contributed by atoms with E-state index >= 15 is 0 Å². The Labute approximate surface area is 146 Å². The topological polar surface area (TPSA) is 74.6 Å². The SMILES string of the molecule is O=C(O)c1c(CC(CCCS)C(=O)O)cccc1-c1ccccc1. The Balaban J connectivity index is 2.43. The summed E-state index contributed by atoms with van der Waals surface area (Å²) in [5.41, 5.74) is 2.15. The smallest absolute Gasteiger partial charge is 0.336 e. The average molecular weight is 344 g/mol. The molecule has 1 unspecified atom stereocenters. The van der Waals surface area contributed by atoms with E-state index in [1.165, 1.54) is 0 Å². The van der Waals surface area contributed by atoms with Crippen molar-refractivity contribution in [2.75, 3.05) is 5.75 Å². The van der Waals surface area contributed by atoms with E-state index in [-0.39, 0.29) is 12.0 Å². The first-order valence-electron chi connectivity index (χ1n) is 7.79. The lowest BCUT2D eigenvalue weighted by atomic mass is 9.88. The number of aromatic carboxylic acids is 1. The number of carbonyl (C=O) groups is 2. The molecule has 2 rings (SSSR count). The molecule has 0 radical (unpaired) electrons. The Kier molecular flexibility index (Phi) is 6.44. The number of hydrogen-bond donors (Lipinski definition) is 3. The standard InChI is InChI=1S/C19H20O4S/c20-18(21)15(9-5-11-24)12-14-8-4-10-16(17(14)19(22)23)13-6-2-1-3-7-13/h1-4,6-8,10,15,24H,5,9,11-12H2,(H,20,21)(H,22,23). The molecule has 0 aliphatic heterocycles. The number of benzene rings is 2. The van der Waals surface area contributed by atoms with Gasteiger partial charge in [0.15, 0.2) is 0 Å². The van der Waals surface area contributed by atoms with E-state index < -0.39 is 17.9 Å². The number of rotatable bonds is 8. The molecule has 0 saturated carbocycles. The second-order valence-electron chi connectivity index (χ2n) is 5.62. The summed E-state index contributed by atoms with van der Waals surface area (Å²) in [6, 6.07) is 14.5. The van der Waals surface area contributed by atoms with Gasteiger partial charge in [0.1, 0.15) is 0 Å². The first kappa shape index (κ1) is 18.1. The molecular formula is C19H20O4S. The third-order valence-electron chi connectivity index (χ3n) is 3.98. The van der Waals surface area contributed by atoms with Crippen molar-refractivity contribution in [3.8, 4) is 11.1 Å². The highest BCUT2D eigenvalue weighted by atomic mass is 32.1. The van der Waals surface area contributed by atoms with Crippen LogP contribution in [0.4, 0.5) is 0 Å². The van der Waals surface area contributed by atoms with E-state index in [0.29, 0.717) is 29.7 Å². The van der Waals surface area contributed by atoms with Gasteiger partial charge in [0, 0.05) is 0 Å². The van der Waals surface area contributed by atoms with Crippen molar-refractivity contribution in [2.24, 2.45) is 5.92 Å². The summed E-state index contributed by atoms with van der Waals surface area (Å²) >= 11 is 4.12. The monoisotopic (exact) mass is 344 g/mol. The molecule has 0 amide bonds. The second-order valence-corrected chi connectivity index (χ2v) is 6.06. The molecule has 0 saturated heterocycles. The van der Waals surface area contributed by atoms with E-state index in [0.717, 1.165) is 5.56 Å². The number of hydrogen-bond acceptors (Lipinski definition) is 3.